The van der Waals surface area contributed by atoms with Crippen LogP contribution in [0.2, 0.25) is 0 Å². The average molecular weight is 382 g/mol. The summed E-state index contributed by atoms with van der Waals surface area (Å²) < 4.78 is 0. The van der Waals surface area contributed by atoms with E-state index in [1.165, 1.54) is 19.4 Å². The Morgan fingerprint density at radius 2 is 2.00 bits per heavy atom. The zero-order valence-corrected chi connectivity index (χ0v) is 17.0. The van der Waals surface area contributed by atoms with Crippen LogP contribution in [0.15, 0.2) is 24.4 Å². The number of hydrogen-bond donors (Lipinski definition) is 1. The predicted octanol–water partition coefficient (Wildman–Crippen LogP) is 2.94. The van der Waals surface area contributed by atoms with Gasteiger partial charge in [0, 0.05) is 44.8 Å². The third-order valence-corrected chi connectivity index (χ3v) is 6.01. The summed E-state index contributed by atoms with van der Waals surface area (Å²) in [6, 6.07) is 5.58. The zero-order chi connectivity index (χ0) is 19.5. The van der Waals surface area contributed by atoms with Gasteiger partial charge in [-0.3, -0.25) is 14.7 Å². The minimum absolute atomic E-state index is 0.0388. The van der Waals surface area contributed by atoms with E-state index >= 15 is 0 Å². The highest BCUT2D eigenvalue weighted by Gasteiger charge is 2.26. The molecule has 6 heteroatoms. The van der Waals surface area contributed by atoms with Crippen molar-refractivity contribution in [2.75, 3.05) is 44.2 Å². The lowest BCUT2D eigenvalue weighted by Gasteiger charge is -2.35. The molecular formula is C22H31N5O. The van der Waals surface area contributed by atoms with Gasteiger partial charge < -0.3 is 10.2 Å². The smallest absolute Gasteiger partial charge is 0.251 e. The monoisotopic (exact) mass is 381 g/mol. The molecule has 1 aromatic heterocycles. The highest BCUT2D eigenvalue weighted by Crippen LogP contribution is 2.30. The fourth-order valence-electron chi connectivity index (χ4n) is 3.63. The molecule has 0 bridgehead atoms. The van der Waals surface area contributed by atoms with Crippen LogP contribution in [0.1, 0.15) is 43.5 Å². The lowest BCUT2D eigenvalue weighted by atomic mass is 10.1. The highest BCUT2D eigenvalue weighted by atomic mass is 16.1. The van der Waals surface area contributed by atoms with Crippen LogP contribution in [0.3, 0.4) is 0 Å². The summed E-state index contributed by atoms with van der Waals surface area (Å²) >= 11 is 0. The first-order valence-electron chi connectivity index (χ1n) is 10.6. The fraction of sp³-hybridized carbons (Fsp3) is 0.591. The van der Waals surface area contributed by atoms with Gasteiger partial charge in [0.2, 0.25) is 0 Å². The molecule has 6 nitrogen and oxygen atoms in total. The normalized spacial score (nSPS) is 19.0. The minimum Gasteiger partial charge on any atom is -0.353 e. The number of fused-ring (bicyclic) bond motifs is 1. The van der Waals surface area contributed by atoms with Crippen LogP contribution in [-0.4, -0.2) is 60.0 Å². The Kier molecular flexibility index (Phi) is 5.76. The van der Waals surface area contributed by atoms with Crippen LogP contribution < -0.4 is 10.2 Å². The van der Waals surface area contributed by atoms with E-state index in [1.54, 1.807) is 0 Å². The second-order valence-electron chi connectivity index (χ2n) is 8.39. The number of nitrogens with one attached hydrogen (secondary N) is 1. The van der Waals surface area contributed by atoms with Crippen molar-refractivity contribution in [1.82, 2.24) is 20.2 Å². The standard InChI is InChI=1S/C22H31N5O/c1-3-16(2)13-24-22(28)18-6-7-19-20(12-18)25-21(14-23-19)27-10-8-26(9-11-27)15-17-4-5-17/h6-7,12,14,16-17H,3-5,8-11,13,15H2,1-2H3,(H,24,28). The third kappa shape index (κ3) is 4.61. The summed E-state index contributed by atoms with van der Waals surface area (Å²) in [5.41, 5.74) is 2.26. The molecule has 1 aliphatic heterocycles. The largest absolute Gasteiger partial charge is 0.353 e. The van der Waals surface area contributed by atoms with Gasteiger partial charge in [-0.05, 0) is 42.9 Å². The van der Waals surface area contributed by atoms with E-state index in [9.17, 15) is 4.79 Å². The molecule has 2 heterocycles. The Bertz CT molecular complexity index is 827. The van der Waals surface area contributed by atoms with Gasteiger partial charge >= 0.3 is 0 Å². The third-order valence-electron chi connectivity index (χ3n) is 6.01. The van der Waals surface area contributed by atoms with Crippen LogP contribution >= 0.6 is 0 Å². The number of nitrogens with zero attached hydrogens (tertiary/aromatic N) is 4. The van der Waals surface area contributed by atoms with E-state index in [2.05, 4.69) is 33.9 Å². The number of piperazine rings is 1. The molecule has 1 saturated carbocycles. The molecule has 2 aliphatic rings. The summed E-state index contributed by atoms with van der Waals surface area (Å²) in [5, 5.41) is 3.01. The van der Waals surface area contributed by atoms with Gasteiger partial charge in [0.25, 0.3) is 5.91 Å². The van der Waals surface area contributed by atoms with Gasteiger partial charge in [0.1, 0.15) is 5.82 Å². The molecule has 4 rings (SSSR count). The lowest BCUT2D eigenvalue weighted by molar-refractivity contribution is 0.0948. The number of benzene rings is 1. The number of amides is 1. The van der Waals surface area contributed by atoms with E-state index in [4.69, 9.17) is 4.98 Å². The Balaban J connectivity index is 1.43. The van der Waals surface area contributed by atoms with E-state index < -0.39 is 0 Å². The Labute approximate surface area is 167 Å². The van der Waals surface area contributed by atoms with Crippen LogP contribution in [0, 0.1) is 11.8 Å². The molecule has 1 aliphatic carbocycles. The van der Waals surface area contributed by atoms with Crippen molar-refractivity contribution in [1.29, 1.82) is 0 Å². The van der Waals surface area contributed by atoms with Gasteiger partial charge in [-0.1, -0.05) is 20.3 Å². The van der Waals surface area contributed by atoms with E-state index in [0.717, 1.165) is 55.4 Å². The van der Waals surface area contributed by atoms with Crippen molar-refractivity contribution < 1.29 is 4.79 Å². The SMILES string of the molecule is CCC(C)CNC(=O)c1ccc2ncc(N3CCN(CC4CC4)CC3)nc2c1. The van der Waals surface area contributed by atoms with Gasteiger partial charge in [0.05, 0.1) is 17.2 Å². The second kappa shape index (κ2) is 8.43. The topological polar surface area (TPSA) is 61.4 Å². The molecule has 1 atom stereocenters. The average Bonchev–Trinajstić information content (AvgIpc) is 3.55. The summed E-state index contributed by atoms with van der Waals surface area (Å²) in [4.78, 5) is 26.7. The van der Waals surface area contributed by atoms with Crippen molar-refractivity contribution in [3.63, 3.8) is 0 Å². The van der Waals surface area contributed by atoms with E-state index in [1.807, 2.05) is 24.4 Å². The predicted molar refractivity (Wildman–Crippen MR) is 113 cm³/mol. The second-order valence-corrected chi connectivity index (χ2v) is 8.39. The maximum absolute atomic E-state index is 12.4. The summed E-state index contributed by atoms with van der Waals surface area (Å²) in [6.45, 7) is 10.4. The maximum atomic E-state index is 12.4. The van der Waals surface area contributed by atoms with Gasteiger partial charge in [-0.25, -0.2) is 4.98 Å². The molecular weight excluding hydrogens is 350 g/mol. The Hall–Kier alpha value is -2.21. The lowest BCUT2D eigenvalue weighted by Crippen LogP contribution is -2.47. The Morgan fingerprint density at radius 1 is 1.21 bits per heavy atom. The number of carbonyl (C=O) groups is 1. The highest BCUT2D eigenvalue weighted by molar-refractivity contribution is 5.97. The first kappa shape index (κ1) is 19.1. The number of anilines is 1. The summed E-state index contributed by atoms with van der Waals surface area (Å²) in [5.74, 6) is 2.30. The summed E-state index contributed by atoms with van der Waals surface area (Å²) in [7, 11) is 0. The summed E-state index contributed by atoms with van der Waals surface area (Å²) in [6.07, 6.45) is 5.73. The zero-order valence-electron chi connectivity index (χ0n) is 17.0. The molecule has 2 fully saturated rings. The van der Waals surface area contributed by atoms with Crippen LogP contribution in [0.4, 0.5) is 5.82 Å². The first-order chi connectivity index (χ1) is 13.6. The molecule has 1 N–H and O–H groups in total. The van der Waals surface area contributed by atoms with Crippen LogP contribution in [0.25, 0.3) is 11.0 Å². The minimum atomic E-state index is -0.0388. The van der Waals surface area contributed by atoms with E-state index in [-0.39, 0.29) is 5.91 Å². The molecule has 0 radical (unpaired) electrons. The van der Waals surface area contributed by atoms with Crippen LogP contribution in [0.5, 0.6) is 0 Å². The molecule has 1 saturated heterocycles. The van der Waals surface area contributed by atoms with Gasteiger partial charge in [0.15, 0.2) is 0 Å². The molecule has 0 spiro atoms. The molecule has 150 valence electrons. The molecule has 1 amide bonds. The van der Waals surface area contributed by atoms with Crippen molar-refractivity contribution in [3.8, 4) is 0 Å². The van der Waals surface area contributed by atoms with Crippen molar-refractivity contribution in [2.45, 2.75) is 33.1 Å². The maximum Gasteiger partial charge on any atom is 0.251 e. The van der Waals surface area contributed by atoms with Crippen molar-refractivity contribution in [2.24, 2.45) is 11.8 Å². The number of hydrogen-bond acceptors (Lipinski definition) is 5. The molecule has 28 heavy (non-hydrogen) atoms. The number of aromatic nitrogens is 2. The van der Waals surface area contributed by atoms with Crippen molar-refractivity contribution in [3.05, 3.63) is 30.0 Å². The van der Waals surface area contributed by atoms with Crippen molar-refractivity contribution >= 4 is 22.8 Å². The first-order valence-corrected chi connectivity index (χ1v) is 10.6. The number of rotatable bonds is 7. The number of carbonyl (C=O) groups excluding carboxylic acids is 1. The van der Waals surface area contributed by atoms with Crippen LogP contribution in [-0.2, 0) is 0 Å². The van der Waals surface area contributed by atoms with Gasteiger partial charge in [-0.15, -0.1) is 0 Å². The molecule has 1 unspecified atom stereocenters. The molecule has 1 aromatic carbocycles. The quantitative estimate of drug-likeness (QED) is 0.799. The molecule has 2 aromatic rings. The fourth-order valence-corrected chi connectivity index (χ4v) is 3.63. The van der Waals surface area contributed by atoms with Gasteiger partial charge in [-0.2, -0.15) is 0 Å². The Morgan fingerprint density at radius 3 is 2.71 bits per heavy atom. The van der Waals surface area contributed by atoms with E-state index in [0.29, 0.717) is 18.0 Å².